The number of ether oxygens (including phenoxy) is 2. The molecule has 1 N–H and O–H groups in total. The third-order valence-electron chi connectivity index (χ3n) is 1.70. The first kappa shape index (κ1) is 10.0. The Balaban J connectivity index is 2.78. The summed E-state index contributed by atoms with van der Waals surface area (Å²) in [5.41, 5.74) is 0.777. The van der Waals surface area contributed by atoms with Gasteiger partial charge in [-0.2, -0.15) is 0 Å². The van der Waals surface area contributed by atoms with Crippen molar-refractivity contribution in [3.05, 3.63) is 29.8 Å². The van der Waals surface area contributed by atoms with Crippen LogP contribution in [-0.4, -0.2) is 19.0 Å². The van der Waals surface area contributed by atoms with Crippen LogP contribution in [0.5, 0.6) is 5.75 Å². The minimum atomic E-state index is -0.520. The van der Waals surface area contributed by atoms with Gasteiger partial charge in [0, 0.05) is 12.7 Å². The zero-order chi connectivity index (χ0) is 9.68. The smallest absolute Gasteiger partial charge is 0.188 e. The Labute approximate surface area is 77.9 Å². The van der Waals surface area contributed by atoms with E-state index in [2.05, 4.69) is 0 Å². The molecule has 0 aliphatic carbocycles. The van der Waals surface area contributed by atoms with Crippen molar-refractivity contribution < 1.29 is 14.6 Å². The van der Waals surface area contributed by atoms with Crippen LogP contribution in [0.1, 0.15) is 18.6 Å². The van der Waals surface area contributed by atoms with E-state index in [0.29, 0.717) is 5.75 Å². The Kier molecular flexibility index (Phi) is 3.73. The Morgan fingerprint density at radius 1 is 1.38 bits per heavy atom. The van der Waals surface area contributed by atoms with E-state index in [1.54, 1.807) is 20.1 Å². The van der Waals surface area contributed by atoms with Gasteiger partial charge in [0.1, 0.15) is 5.75 Å². The average molecular weight is 182 g/mol. The second kappa shape index (κ2) is 4.84. The van der Waals surface area contributed by atoms with Crippen molar-refractivity contribution >= 4 is 0 Å². The van der Waals surface area contributed by atoms with E-state index in [1.165, 1.54) is 0 Å². The van der Waals surface area contributed by atoms with Crippen LogP contribution in [-0.2, 0) is 4.74 Å². The number of para-hydroxylation sites is 1. The second-order valence-electron chi connectivity index (χ2n) is 2.76. The minimum Gasteiger partial charge on any atom is -0.467 e. The molecule has 0 unspecified atom stereocenters. The normalized spacial score (nSPS) is 12.5. The van der Waals surface area contributed by atoms with Gasteiger partial charge in [-0.3, -0.25) is 0 Å². The number of methoxy groups -OCH3 is 1. The molecule has 0 radical (unpaired) electrons. The largest absolute Gasteiger partial charge is 0.467 e. The van der Waals surface area contributed by atoms with E-state index in [-0.39, 0.29) is 6.79 Å². The lowest BCUT2D eigenvalue weighted by molar-refractivity contribution is 0.0484. The third kappa shape index (κ3) is 2.72. The molecule has 13 heavy (non-hydrogen) atoms. The van der Waals surface area contributed by atoms with Crippen molar-refractivity contribution in [3.8, 4) is 5.75 Å². The molecule has 0 saturated heterocycles. The molecule has 0 aliphatic heterocycles. The van der Waals surface area contributed by atoms with Crippen LogP contribution in [0.4, 0.5) is 0 Å². The molecule has 0 amide bonds. The molecule has 1 rings (SSSR count). The van der Waals surface area contributed by atoms with Gasteiger partial charge in [0.15, 0.2) is 6.79 Å². The van der Waals surface area contributed by atoms with Crippen LogP contribution < -0.4 is 4.74 Å². The summed E-state index contributed by atoms with van der Waals surface area (Å²) < 4.78 is 10.0. The topological polar surface area (TPSA) is 38.7 Å². The zero-order valence-corrected chi connectivity index (χ0v) is 7.86. The summed E-state index contributed by atoms with van der Waals surface area (Å²) in [6.07, 6.45) is -0.520. The van der Waals surface area contributed by atoms with E-state index in [1.807, 2.05) is 18.2 Å². The van der Waals surface area contributed by atoms with Crippen LogP contribution in [0.3, 0.4) is 0 Å². The number of aliphatic hydroxyl groups is 1. The van der Waals surface area contributed by atoms with Gasteiger partial charge < -0.3 is 14.6 Å². The molecule has 3 heteroatoms. The van der Waals surface area contributed by atoms with E-state index in [9.17, 15) is 5.11 Å². The number of rotatable bonds is 4. The Morgan fingerprint density at radius 3 is 2.69 bits per heavy atom. The maximum absolute atomic E-state index is 9.38. The Bertz CT molecular complexity index is 258. The van der Waals surface area contributed by atoms with Gasteiger partial charge >= 0.3 is 0 Å². The molecule has 0 fully saturated rings. The molecular formula is C10H14O3. The van der Waals surface area contributed by atoms with Crippen LogP contribution in [0.25, 0.3) is 0 Å². The van der Waals surface area contributed by atoms with Crippen molar-refractivity contribution in [3.63, 3.8) is 0 Å². The first-order valence-electron chi connectivity index (χ1n) is 4.14. The zero-order valence-electron chi connectivity index (χ0n) is 7.86. The monoisotopic (exact) mass is 182 g/mol. The summed E-state index contributed by atoms with van der Waals surface area (Å²) in [7, 11) is 1.56. The number of hydrogen-bond donors (Lipinski definition) is 1. The fourth-order valence-electron chi connectivity index (χ4n) is 1.08. The predicted octanol–water partition coefficient (Wildman–Crippen LogP) is 1.72. The highest BCUT2D eigenvalue weighted by molar-refractivity contribution is 5.34. The fraction of sp³-hybridized carbons (Fsp3) is 0.400. The average Bonchev–Trinajstić information content (AvgIpc) is 2.15. The van der Waals surface area contributed by atoms with Crippen molar-refractivity contribution in [1.29, 1.82) is 0 Å². The minimum absolute atomic E-state index is 0.198. The van der Waals surface area contributed by atoms with Gasteiger partial charge in [-0.05, 0) is 13.0 Å². The van der Waals surface area contributed by atoms with Gasteiger partial charge in [0.05, 0.1) is 6.10 Å². The molecule has 0 bridgehead atoms. The summed E-state index contributed by atoms with van der Waals surface area (Å²) in [5, 5.41) is 9.38. The Hall–Kier alpha value is -1.06. The first-order valence-corrected chi connectivity index (χ1v) is 4.14. The number of hydrogen-bond acceptors (Lipinski definition) is 3. The summed E-state index contributed by atoms with van der Waals surface area (Å²) in [6.45, 7) is 1.90. The predicted molar refractivity (Wildman–Crippen MR) is 49.6 cm³/mol. The lowest BCUT2D eigenvalue weighted by Crippen LogP contribution is -2.03. The molecule has 0 aromatic heterocycles. The second-order valence-corrected chi connectivity index (χ2v) is 2.76. The van der Waals surface area contributed by atoms with Crippen molar-refractivity contribution in [1.82, 2.24) is 0 Å². The first-order chi connectivity index (χ1) is 6.25. The molecule has 0 aliphatic rings. The van der Waals surface area contributed by atoms with Gasteiger partial charge in [-0.15, -0.1) is 0 Å². The molecule has 0 saturated carbocycles. The summed E-state index contributed by atoms with van der Waals surface area (Å²) >= 11 is 0. The summed E-state index contributed by atoms with van der Waals surface area (Å²) in [5.74, 6) is 0.666. The van der Waals surface area contributed by atoms with E-state index >= 15 is 0 Å². The van der Waals surface area contributed by atoms with Crippen LogP contribution in [0.15, 0.2) is 24.3 Å². The molecular weight excluding hydrogens is 168 g/mol. The van der Waals surface area contributed by atoms with Gasteiger partial charge in [-0.1, -0.05) is 18.2 Å². The molecule has 72 valence electrons. The fourth-order valence-corrected chi connectivity index (χ4v) is 1.08. The third-order valence-corrected chi connectivity index (χ3v) is 1.70. The standard InChI is InChI=1S/C10H14O3/c1-8(11)9-5-3-4-6-10(9)13-7-12-2/h3-6,8,11H,7H2,1-2H3/t8-/m0/s1. The highest BCUT2D eigenvalue weighted by Gasteiger charge is 2.07. The molecule has 1 aromatic carbocycles. The van der Waals surface area contributed by atoms with Crippen molar-refractivity contribution in [2.75, 3.05) is 13.9 Å². The van der Waals surface area contributed by atoms with E-state index in [4.69, 9.17) is 9.47 Å². The molecule has 0 heterocycles. The molecule has 1 atom stereocenters. The number of benzene rings is 1. The van der Waals surface area contributed by atoms with Crippen LogP contribution >= 0.6 is 0 Å². The highest BCUT2D eigenvalue weighted by atomic mass is 16.7. The maximum atomic E-state index is 9.38. The van der Waals surface area contributed by atoms with Crippen LogP contribution in [0.2, 0.25) is 0 Å². The number of aliphatic hydroxyl groups excluding tert-OH is 1. The van der Waals surface area contributed by atoms with E-state index in [0.717, 1.165) is 5.56 Å². The van der Waals surface area contributed by atoms with Crippen molar-refractivity contribution in [2.24, 2.45) is 0 Å². The SMILES string of the molecule is COCOc1ccccc1[C@H](C)O. The highest BCUT2D eigenvalue weighted by Crippen LogP contribution is 2.24. The van der Waals surface area contributed by atoms with Crippen molar-refractivity contribution in [2.45, 2.75) is 13.0 Å². The van der Waals surface area contributed by atoms with E-state index < -0.39 is 6.10 Å². The molecule has 0 spiro atoms. The lowest BCUT2D eigenvalue weighted by Gasteiger charge is -2.11. The summed E-state index contributed by atoms with van der Waals surface area (Å²) in [6, 6.07) is 7.36. The maximum Gasteiger partial charge on any atom is 0.188 e. The van der Waals surface area contributed by atoms with Gasteiger partial charge in [0.2, 0.25) is 0 Å². The lowest BCUT2D eigenvalue weighted by atomic mass is 10.1. The summed E-state index contributed by atoms with van der Waals surface area (Å²) in [4.78, 5) is 0. The van der Waals surface area contributed by atoms with Gasteiger partial charge in [-0.25, -0.2) is 0 Å². The Morgan fingerprint density at radius 2 is 2.08 bits per heavy atom. The van der Waals surface area contributed by atoms with Crippen LogP contribution in [0, 0.1) is 0 Å². The molecule has 3 nitrogen and oxygen atoms in total. The quantitative estimate of drug-likeness (QED) is 0.720. The van der Waals surface area contributed by atoms with Gasteiger partial charge in [0.25, 0.3) is 0 Å². The molecule has 1 aromatic rings.